The normalized spacial score (nSPS) is 13.1. The summed E-state index contributed by atoms with van der Waals surface area (Å²) in [5, 5.41) is 4.53. The number of halogens is 2. The molecule has 1 amide bonds. The number of fused-ring (bicyclic) bond motifs is 1. The van der Waals surface area contributed by atoms with E-state index in [1.54, 1.807) is 35.2 Å². The van der Waals surface area contributed by atoms with Crippen molar-refractivity contribution in [1.29, 1.82) is 0 Å². The second kappa shape index (κ2) is 8.89. The van der Waals surface area contributed by atoms with Gasteiger partial charge >= 0.3 is 0 Å². The standard InChI is InChI=1S/C23H20ClFN2O4/c1-30-21-8-4-15(24)12-17(21)20(28)7-9-22(29)27-11-10-19-18(13-27)23(31-26-19)14-2-5-16(25)6-3-14/h2-6,8,12H,7,9-11,13H2,1H3. The molecule has 0 spiro atoms. The third kappa shape index (κ3) is 4.46. The first-order valence-corrected chi connectivity index (χ1v) is 10.2. The van der Waals surface area contributed by atoms with Crippen molar-refractivity contribution in [2.24, 2.45) is 0 Å². The number of carbonyl (C=O) groups is 2. The van der Waals surface area contributed by atoms with Crippen molar-refractivity contribution >= 4 is 23.3 Å². The van der Waals surface area contributed by atoms with Gasteiger partial charge in [0.15, 0.2) is 11.5 Å². The lowest BCUT2D eigenvalue weighted by molar-refractivity contribution is -0.132. The van der Waals surface area contributed by atoms with Crippen LogP contribution in [-0.2, 0) is 17.8 Å². The number of Topliss-reactive ketones (excluding diaryl/α,β-unsaturated/α-hetero) is 1. The molecule has 0 saturated carbocycles. The summed E-state index contributed by atoms with van der Waals surface area (Å²) >= 11 is 5.99. The van der Waals surface area contributed by atoms with E-state index in [4.69, 9.17) is 20.9 Å². The summed E-state index contributed by atoms with van der Waals surface area (Å²) in [7, 11) is 1.48. The summed E-state index contributed by atoms with van der Waals surface area (Å²) in [6.07, 6.45) is 0.677. The van der Waals surface area contributed by atoms with Crippen molar-refractivity contribution < 1.29 is 23.2 Å². The van der Waals surface area contributed by atoms with Gasteiger partial charge < -0.3 is 14.2 Å². The van der Waals surface area contributed by atoms with E-state index in [-0.39, 0.29) is 30.3 Å². The molecule has 31 heavy (non-hydrogen) atoms. The second-order valence-corrected chi connectivity index (χ2v) is 7.71. The average molecular weight is 443 g/mol. The summed E-state index contributed by atoms with van der Waals surface area (Å²) in [6, 6.07) is 10.8. The van der Waals surface area contributed by atoms with E-state index >= 15 is 0 Å². The third-order valence-corrected chi connectivity index (χ3v) is 5.56. The number of nitrogens with zero attached hydrogens (tertiary/aromatic N) is 2. The Morgan fingerprint density at radius 3 is 2.71 bits per heavy atom. The summed E-state index contributed by atoms with van der Waals surface area (Å²) in [6.45, 7) is 0.828. The van der Waals surface area contributed by atoms with E-state index in [0.29, 0.717) is 47.2 Å². The van der Waals surface area contributed by atoms with Gasteiger partial charge in [0.05, 0.1) is 24.9 Å². The highest BCUT2D eigenvalue weighted by molar-refractivity contribution is 6.31. The molecule has 0 bridgehead atoms. The summed E-state index contributed by atoms with van der Waals surface area (Å²) in [4.78, 5) is 27.1. The Hall–Kier alpha value is -3.19. The maximum Gasteiger partial charge on any atom is 0.223 e. The van der Waals surface area contributed by atoms with Crippen molar-refractivity contribution in [2.45, 2.75) is 25.8 Å². The lowest BCUT2D eigenvalue weighted by Gasteiger charge is -2.26. The van der Waals surface area contributed by atoms with Gasteiger partial charge in [-0.2, -0.15) is 0 Å². The fourth-order valence-corrected chi connectivity index (χ4v) is 3.84. The van der Waals surface area contributed by atoms with Crippen LogP contribution in [0.5, 0.6) is 5.75 Å². The first-order chi connectivity index (χ1) is 15.0. The smallest absolute Gasteiger partial charge is 0.223 e. The molecule has 0 aliphatic carbocycles. The predicted molar refractivity (Wildman–Crippen MR) is 113 cm³/mol. The van der Waals surface area contributed by atoms with Gasteiger partial charge in [-0.05, 0) is 42.5 Å². The van der Waals surface area contributed by atoms with Gasteiger partial charge in [0.25, 0.3) is 0 Å². The number of hydrogen-bond acceptors (Lipinski definition) is 5. The van der Waals surface area contributed by atoms with Gasteiger partial charge in [0, 0.05) is 42.0 Å². The minimum Gasteiger partial charge on any atom is -0.496 e. The number of ether oxygens (including phenoxy) is 1. The fourth-order valence-electron chi connectivity index (χ4n) is 3.66. The van der Waals surface area contributed by atoms with E-state index in [2.05, 4.69) is 5.16 Å². The molecule has 0 unspecified atom stereocenters. The number of aromatic nitrogens is 1. The average Bonchev–Trinajstić information content (AvgIpc) is 3.21. The maximum absolute atomic E-state index is 13.2. The van der Waals surface area contributed by atoms with E-state index < -0.39 is 0 Å². The fraction of sp³-hybridized carbons (Fsp3) is 0.261. The van der Waals surface area contributed by atoms with Crippen LogP contribution in [0, 0.1) is 5.82 Å². The Morgan fingerprint density at radius 1 is 1.19 bits per heavy atom. The molecule has 0 fully saturated rings. The Labute approximate surface area is 183 Å². The van der Waals surface area contributed by atoms with E-state index in [1.807, 2.05) is 0 Å². The highest BCUT2D eigenvalue weighted by atomic mass is 35.5. The molecule has 1 aliphatic rings. The minimum atomic E-state index is -0.338. The number of hydrogen-bond donors (Lipinski definition) is 0. The Kier molecular flexibility index (Phi) is 6.04. The predicted octanol–water partition coefficient (Wildman–Crippen LogP) is 4.69. The molecule has 0 saturated heterocycles. The number of carbonyl (C=O) groups excluding carboxylic acids is 2. The Bertz CT molecular complexity index is 1130. The molecule has 3 aromatic rings. The lowest BCUT2D eigenvalue weighted by Crippen LogP contribution is -2.36. The molecule has 8 heteroatoms. The second-order valence-electron chi connectivity index (χ2n) is 7.28. The van der Waals surface area contributed by atoms with Crippen LogP contribution in [0.4, 0.5) is 4.39 Å². The van der Waals surface area contributed by atoms with Crippen molar-refractivity contribution in [3.8, 4) is 17.1 Å². The van der Waals surface area contributed by atoms with Gasteiger partial charge in [-0.3, -0.25) is 9.59 Å². The molecule has 2 aromatic carbocycles. The van der Waals surface area contributed by atoms with Crippen LogP contribution in [0.25, 0.3) is 11.3 Å². The van der Waals surface area contributed by atoms with Gasteiger partial charge in [0.1, 0.15) is 11.6 Å². The van der Waals surface area contributed by atoms with Crippen LogP contribution in [0.3, 0.4) is 0 Å². The van der Waals surface area contributed by atoms with Crippen LogP contribution in [-0.4, -0.2) is 35.4 Å². The first-order valence-electron chi connectivity index (χ1n) is 9.84. The number of amides is 1. The Morgan fingerprint density at radius 2 is 1.97 bits per heavy atom. The van der Waals surface area contributed by atoms with Gasteiger partial charge in [-0.15, -0.1) is 0 Å². The van der Waals surface area contributed by atoms with Crippen LogP contribution in [0.1, 0.15) is 34.5 Å². The number of benzene rings is 2. The molecule has 6 nitrogen and oxygen atoms in total. The number of rotatable bonds is 6. The molecular weight excluding hydrogens is 423 g/mol. The molecule has 0 N–H and O–H groups in total. The van der Waals surface area contributed by atoms with E-state index in [1.165, 1.54) is 19.2 Å². The number of methoxy groups -OCH3 is 1. The zero-order chi connectivity index (χ0) is 22.0. The monoisotopic (exact) mass is 442 g/mol. The molecular formula is C23H20ClFN2O4. The third-order valence-electron chi connectivity index (χ3n) is 5.32. The van der Waals surface area contributed by atoms with Crippen LogP contribution in [0.2, 0.25) is 5.02 Å². The lowest BCUT2D eigenvalue weighted by atomic mass is 10.0. The maximum atomic E-state index is 13.2. The van der Waals surface area contributed by atoms with Crippen LogP contribution < -0.4 is 4.74 Å². The van der Waals surface area contributed by atoms with Crippen LogP contribution in [0.15, 0.2) is 47.0 Å². The first kappa shape index (κ1) is 21.1. The topological polar surface area (TPSA) is 72.6 Å². The molecule has 160 valence electrons. The van der Waals surface area contributed by atoms with Crippen molar-refractivity contribution in [2.75, 3.05) is 13.7 Å². The largest absolute Gasteiger partial charge is 0.496 e. The molecule has 0 radical (unpaired) electrons. The minimum absolute atomic E-state index is 0.0490. The summed E-state index contributed by atoms with van der Waals surface area (Å²) in [5.74, 6) is 0.286. The zero-order valence-corrected chi connectivity index (χ0v) is 17.6. The van der Waals surface area contributed by atoms with Crippen molar-refractivity contribution in [1.82, 2.24) is 10.1 Å². The molecule has 2 heterocycles. The van der Waals surface area contributed by atoms with Gasteiger partial charge in [-0.25, -0.2) is 4.39 Å². The van der Waals surface area contributed by atoms with E-state index in [9.17, 15) is 14.0 Å². The zero-order valence-electron chi connectivity index (χ0n) is 16.9. The summed E-state index contributed by atoms with van der Waals surface area (Å²) in [5.41, 5.74) is 2.67. The number of ketones is 1. The molecule has 0 atom stereocenters. The van der Waals surface area contributed by atoms with Crippen molar-refractivity contribution in [3.63, 3.8) is 0 Å². The van der Waals surface area contributed by atoms with Gasteiger partial charge in [-0.1, -0.05) is 16.8 Å². The van der Waals surface area contributed by atoms with Crippen LogP contribution >= 0.6 is 11.6 Å². The quantitative estimate of drug-likeness (QED) is 0.518. The van der Waals surface area contributed by atoms with Crippen molar-refractivity contribution in [3.05, 3.63) is 70.1 Å². The van der Waals surface area contributed by atoms with Gasteiger partial charge in [0.2, 0.25) is 5.91 Å². The summed E-state index contributed by atoms with van der Waals surface area (Å²) < 4.78 is 23.9. The molecule has 1 aliphatic heterocycles. The Balaban J connectivity index is 1.44. The highest BCUT2D eigenvalue weighted by Gasteiger charge is 2.28. The molecule has 4 rings (SSSR count). The van der Waals surface area contributed by atoms with E-state index in [0.717, 1.165) is 11.3 Å². The highest BCUT2D eigenvalue weighted by Crippen LogP contribution is 2.31. The SMILES string of the molecule is COc1ccc(Cl)cc1C(=O)CCC(=O)N1CCc2noc(-c3ccc(F)cc3)c2C1. The molecule has 1 aromatic heterocycles.